The van der Waals surface area contributed by atoms with Gasteiger partial charge in [0.25, 0.3) is 0 Å². The Bertz CT molecular complexity index is 496. The summed E-state index contributed by atoms with van der Waals surface area (Å²) in [6.45, 7) is 3.62. The molecule has 1 aromatic heterocycles. The molecule has 0 saturated carbocycles. The van der Waals surface area contributed by atoms with Crippen LogP contribution in [-0.4, -0.2) is 18.6 Å². The third-order valence-electron chi connectivity index (χ3n) is 2.52. The van der Waals surface area contributed by atoms with Gasteiger partial charge in [-0.15, -0.1) is 0 Å². The standard InChI is InChI=1S/C14H18N2O2S/c1-3-8-15-14-16-9-13(19-14)10-18-12-6-4-11(17-2)5-7-12/h4-7,9H,3,8,10H2,1-2H3,(H,15,16). The molecule has 0 atom stereocenters. The third-order valence-corrected chi connectivity index (χ3v) is 3.45. The van der Waals surface area contributed by atoms with Crippen LogP contribution in [0.2, 0.25) is 0 Å². The number of nitrogens with zero attached hydrogens (tertiary/aromatic N) is 1. The molecule has 0 unspecified atom stereocenters. The lowest BCUT2D eigenvalue weighted by Gasteiger charge is -2.05. The number of hydrogen-bond donors (Lipinski definition) is 1. The number of hydrogen-bond acceptors (Lipinski definition) is 5. The van der Waals surface area contributed by atoms with Crippen LogP contribution in [0.5, 0.6) is 11.5 Å². The number of rotatable bonds is 7. The number of ether oxygens (including phenoxy) is 2. The Hall–Kier alpha value is -1.75. The molecule has 1 aromatic carbocycles. The van der Waals surface area contributed by atoms with E-state index in [4.69, 9.17) is 9.47 Å². The average molecular weight is 278 g/mol. The Balaban J connectivity index is 1.85. The van der Waals surface area contributed by atoms with E-state index in [2.05, 4.69) is 17.2 Å². The van der Waals surface area contributed by atoms with E-state index in [-0.39, 0.29) is 0 Å². The van der Waals surface area contributed by atoms with Crippen LogP contribution in [0, 0.1) is 0 Å². The van der Waals surface area contributed by atoms with E-state index < -0.39 is 0 Å². The lowest BCUT2D eigenvalue weighted by Crippen LogP contribution is -1.97. The van der Waals surface area contributed by atoms with E-state index in [0.717, 1.165) is 34.5 Å². The normalized spacial score (nSPS) is 10.2. The van der Waals surface area contributed by atoms with Crippen LogP contribution in [0.15, 0.2) is 30.5 Å². The maximum Gasteiger partial charge on any atom is 0.182 e. The van der Waals surface area contributed by atoms with Crippen molar-refractivity contribution in [1.29, 1.82) is 0 Å². The number of nitrogens with one attached hydrogen (secondary N) is 1. The summed E-state index contributed by atoms with van der Waals surface area (Å²) in [6, 6.07) is 7.57. The van der Waals surface area contributed by atoms with E-state index in [1.807, 2.05) is 30.5 Å². The molecule has 0 aliphatic heterocycles. The fraction of sp³-hybridized carbons (Fsp3) is 0.357. The molecule has 0 bridgehead atoms. The van der Waals surface area contributed by atoms with E-state index in [1.165, 1.54) is 0 Å². The Labute approximate surface area is 117 Å². The van der Waals surface area contributed by atoms with Crippen molar-refractivity contribution in [2.24, 2.45) is 0 Å². The van der Waals surface area contributed by atoms with Crippen molar-refractivity contribution in [3.63, 3.8) is 0 Å². The predicted molar refractivity (Wildman–Crippen MR) is 78.2 cm³/mol. The van der Waals surface area contributed by atoms with Crippen molar-refractivity contribution in [1.82, 2.24) is 4.98 Å². The topological polar surface area (TPSA) is 43.4 Å². The summed E-state index contributed by atoms with van der Waals surface area (Å²) in [5.74, 6) is 1.66. The highest BCUT2D eigenvalue weighted by Gasteiger charge is 2.02. The summed E-state index contributed by atoms with van der Waals surface area (Å²) in [5, 5.41) is 4.22. The van der Waals surface area contributed by atoms with Crippen LogP contribution in [0.3, 0.4) is 0 Å². The zero-order chi connectivity index (χ0) is 13.5. The van der Waals surface area contributed by atoms with Crippen molar-refractivity contribution in [2.45, 2.75) is 20.0 Å². The minimum atomic E-state index is 0.539. The first-order chi connectivity index (χ1) is 9.31. The second-order valence-electron chi connectivity index (χ2n) is 4.02. The third kappa shape index (κ3) is 4.13. The van der Waals surface area contributed by atoms with Gasteiger partial charge in [-0.3, -0.25) is 0 Å². The Morgan fingerprint density at radius 3 is 2.63 bits per heavy atom. The summed E-state index contributed by atoms with van der Waals surface area (Å²) < 4.78 is 10.8. The first-order valence-corrected chi connectivity index (χ1v) is 7.09. The monoisotopic (exact) mass is 278 g/mol. The van der Waals surface area contributed by atoms with Gasteiger partial charge in [0.15, 0.2) is 5.13 Å². The zero-order valence-corrected chi connectivity index (χ0v) is 12.0. The molecule has 0 saturated heterocycles. The summed E-state index contributed by atoms with van der Waals surface area (Å²) in [5.41, 5.74) is 0. The second-order valence-corrected chi connectivity index (χ2v) is 5.14. The van der Waals surface area contributed by atoms with Gasteiger partial charge >= 0.3 is 0 Å². The molecule has 0 spiro atoms. The molecule has 0 fully saturated rings. The fourth-order valence-electron chi connectivity index (χ4n) is 1.51. The molecule has 19 heavy (non-hydrogen) atoms. The lowest BCUT2D eigenvalue weighted by molar-refractivity contribution is 0.309. The van der Waals surface area contributed by atoms with Gasteiger partial charge in [-0.05, 0) is 30.7 Å². The van der Waals surface area contributed by atoms with Gasteiger partial charge in [0.05, 0.1) is 12.0 Å². The van der Waals surface area contributed by atoms with Crippen LogP contribution >= 0.6 is 11.3 Å². The smallest absolute Gasteiger partial charge is 0.182 e. The van der Waals surface area contributed by atoms with Crippen molar-refractivity contribution >= 4 is 16.5 Å². The fourth-order valence-corrected chi connectivity index (χ4v) is 2.27. The van der Waals surface area contributed by atoms with E-state index >= 15 is 0 Å². The van der Waals surface area contributed by atoms with Gasteiger partial charge in [0.1, 0.15) is 18.1 Å². The highest BCUT2D eigenvalue weighted by Crippen LogP contribution is 2.22. The zero-order valence-electron chi connectivity index (χ0n) is 11.2. The largest absolute Gasteiger partial charge is 0.497 e. The van der Waals surface area contributed by atoms with E-state index in [9.17, 15) is 0 Å². The Kier molecular flexibility index (Phi) is 5.03. The van der Waals surface area contributed by atoms with Crippen LogP contribution in [-0.2, 0) is 6.61 Å². The van der Waals surface area contributed by atoms with Gasteiger partial charge in [0, 0.05) is 12.7 Å². The average Bonchev–Trinajstić information content (AvgIpc) is 2.91. The maximum absolute atomic E-state index is 5.70. The lowest BCUT2D eigenvalue weighted by atomic mass is 10.3. The first kappa shape index (κ1) is 13.7. The van der Waals surface area contributed by atoms with Gasteiger partial charge in [-0.25, -0.2) is 4.98 Å². The van der Waals surface area contributed by atoms with Gasteiger partial charge in [0.2, 0.25) is 0 Å². The van der Waals surface area contributed by atoms with Gasteiger partial charge in [-0.1, -0.05) is 18.3 Å². The molecule has 0 aliphatic rings. The summed E-state index contributed by atoms with van der Waals surface area (Å²) >= 11 is 1.63. The van der Waals surface area contributed by atoms with Crippen LogP contribution < -0.4 is 14.8 Å². The highest BCUT2D eigenvalue weighted by molar-refractivity contribution is 7.15. The summed E-state index contributed by atoms with van der Waals surface area (Å²) in [6.07, 6.45) is 2.95. The molecule has 0 radical (unpaired) electrons. The Morgan fingerprint density at radius 1 is 1.21 bits per heavy atom. The van der Waals surface area contributed by atoms with E-state index in [1.54, 1.807) is 18.4 Å². The second kappa shape index (κ2) is 6.99. The molecular weight excluding hydrogens is 260 g/mol. The molecule has 102 valence electrons. The van der Waals surface area contributed by atoms with Crippen LogP contribution in [0.1, 0.15) is 18.2 Å². The van der Waals surface area contributed by atoms with Crippen molar-refractivity contribution in [2.75, 3.05) is 19.0 Å². The van der Waals surface area contributed by atoms with Crippen molar-refractivity contribution < 1.29 is 9.47 Å². The first-order valence-electron chi connectivity index (χ1n) is 6.27. The maximum atomic E-state index is 5.70. The summed E-state index contributed by atoms with van der Waals surface area (Å²) in [7, 11) is 1.65. The molecule has 1 N–H and O–H groups in total. The Morgan fingerprint density at radius 2 is 1.95 bits per heavy atom. The van der Waals surface area contributed by atoms with Crippen molar-refractivity contribution in [3.8, 4) is 11.5 Å². The van der Waals surface area contributed by atoms with Crippen LogP contribution in [0.25, 0.3) is 0 Å². The molecule has 2 aromatic rings. The number of methoxy groups -OCH3 is 1. The number of benzene rings is 1. The molecular formula is C14H18N2O2S. The minimum absolute atomic E-state index is 0.539. The quantitative estimate of drug-likeness (QED) is 0.841. The highest BCUT2D eigenvalue weighted by atomic mass is 32.1. The van der Waals surface area contributed by atoms with Crippen molar-refractivity contribution in [3.05, 3.63) is 35.3 Å². The van der Waals surface area contributed by atoms with Crippen LogP contribution in [0.4, 0.5) is 5.13 Å². The minimum Gasteiger partial charge on any atom is -0.497 e. The molecule has 2 rings (SSSR count). The number of aromatic nitrogens is 1. The summed E-state index contributed by atoms with van der Waals surface area (Å²) in [4.78, 5) is 5.41. The van der Waals surface area contributed by atoms with Gasteiger partial charge in [-0.2, -0.15) is 0 Å². The SMILES string of the molecule is CCCNc1ncc(COc2ccc(OC)cc2)s1. The number of anilines is 1. The molecule has 0 amide bonds. The number of thiazole rings is 1. The molecule has 4 nitrogen and oxygen atoms in total. The molecule has 1 heterocycles. The predicted octanol–water partition coefficient (Wildman–Crippen LogP) is 3.55. The molecule has 5 heteroatoms. The van der Waals surface area contributed by atoms with E-state index in [0.29, 0.717) is 6.61 Å². The molecule has 0 aliphatic carbocycles. The van der Waals surface area contributed by atoms with Gasteiger partial charge < -0.3 is 14.8 Å².